The van der Waals surface area contributed by atoms with Crippen molar-refractivity contribution >= 4 is 11.8 Å². The van der Waals surface area contributed by atoms with E-state index in [9.17, 15) is 4.79 Å². The predicted molar refractivity (Wildman–Crippen MR) is 86.2 cm³/mol. The molecule has 1 aromatic carbocycles. The van der Waals surface area contributed by atoms with Crippen LogP contribution in [0.1, 0.15) is 17.7 Å². The number of pyridine rings is 1. The van der Waals surface area contributed by atoms with Crippen molar-refractivity contribution in [2.75, 3.05) is 19.3 Å². The van der Waals surface area contributed by atoms with Crippen LogP contribution in [0.4, 0.5) is 10.5 Å². The van der Waals surface area contributed by atoms with E-state index in [4.69, 9.17) is 10.5 Å². The van der Waals surface area contributed by atoms with E-state index in [1.165, 1.54) is 0 Å². The number of rotatable bonds is 6. The van der Waals surface area contributed by atoms with Gasteiger partial charge < -0.3 is 15.4 Å². The molecule has 1 amide bonds. The zero-order chi connectivity index (χ0) is 15.8. The molecule has 0 radical (unpaired) electrons. The second kappa shape index (κ2) is 8.02. The molecule has 0 aliphatic carbocycles. The smallest absolute Gasteiger partial charge is 0.409 e. The van der Waals surface area contributed by atoms with Crippen LogP contribution >= 0.6 is 0 Å². The SMILES string of the molecule is CN(CCCc1cc(N)ccn1)C(=O)OCc1ccccc1. The Morgan fingerprint density at radius 1 is 1.27 bits per heavy atom. The van der Waals surface area contributed by atoms with Gasteiger partial charge in [-0.25, -0.2) is 4.79 Å². The lowest BCUT2D eigenvalue weighted by molar-refractivity contribution is 0.104. The molecule has 5 nitrogen and oxygen atoms in total. The molecule has 2 aromatic rings. The van der Waals surface area contributed by atoms with Crippen molar-refractivity contribution in [2.24, 2.45) is 0 Å². The van der Waals surface area contributed by atoms with E-state index >= 15 is 0 Å². The Kier molecular flexibility index (Phi) is 5.77. The highest BCUT2D eigenvalue weighted by Crippen LogP contribution is 2.07. The Morgan fingerprint density at radius 2 is 2.05 bits per heavy atom. The lowest BCUT2D eigenvalue weighted by Gasteiger charge is -2.16. The number of aryl methyl sites for hydroxylation is 1. The van der Waals surface area contributed by atoms with Crippen LogP contribution in [0.3, 0.4) is 0 Å². The summed E-state index contributed by atoms with van der Waals surface area (Å²) in [6, 6.07) is 13.3. The summed E-state index contributed by atoms with van der Waals surface area (Å²) in [4.78, 5) is 17.7. The number of benzene rings is 1. The van der Waals surface area contributed by atoms with E-state index in [0.717, 1.165) is 24.1 Å². The van der Waals surface area contributed by atoms with Crippen molar-refractivity contribution in [1.29, 1.82) is 0 Å². The van der Waals surface area contributed by atoms with Gasteiger partial charge in [-0.2, -0.15) is 0 Å². The van der Waals surface area contributed by atoms with Gasteiger partial charge in [0.05, 0.1) is 0 Å². The lowest BCUT2D eigenvalue weighted by Crippen LogP contribution is -2.28. The molecule has 2 N–H and O–H groups in total. The molecular formula is C17H21N3O2. The fraction of sp³-hybridized carbons (Fsp3) is 0.294. The van der Waals surface area contributed by atoms with Crippen LogP contribution in [-0.2, 0) is 17.8 Å². The van der Waals surface area contributed by atoms with Crippen molar-refractivity contribution in [3.8, 4) is 0 Å². The van der Waals surface area contributed by atoms with Crippen LogP contribution in [0.5, 0.6) is 0 Å². The van der Waals surface area contributed by atoms with Gasteiger partial charge in [0.15, 0.2) is 0 Å². The highest BCUT2D eigenvalue weighted by Gasteiger charge is 2.09. The summed E-state index contributed by atoms with van der Waals surface area (Å²) in [6.45, 7) is 0.908. The molecule has 0 fully saturated rings. The Hall–Kier alpha value is -2.56. The van der Waals surface area contributed by atoms with Gasteiger partial charge in [0, 0.05) is 31.2 Å². The highest BCUT2D eigenvalue weighted by atomic mass is 16.6. The number of ether oxygens (including phenoxy) is 1. The minimum atomic E-state index is -0.315. The van der Waals surface area contributed by atoms with Crippen LogP contribution in [0.15, 0.2) is 48.7 Å². The molecule has 1 aromatic heterocycles. The van der Waals surface area contributed by atoms with Gasteiger partial charge in [0.2, 0.25) is 0 Å². The van der Waals surface area contributed by atoms with E-state index in [1.54, 1.807) is 24.2 Å². The van der Waals surface area contributed by atoms with Crippen molar-refractivity contribution in [2.45, 2.75) is 19.4 Å². The summed E-state index contributed by atoms with van der Waals surface area (Å²) >= 11 is 0. The molecule has 5 heteroatoms. The Bertz CT molecular complexity index is 602. The van der Waals surface area contributed by atoms with Gasteiger partial charge in [-0.05, 0) is 30.5 Å². The van der Waals surface area contributed by atoms with Gasteiger partial charge in [0.1, 0.15) is 6.61 Å². The van der Waals surface area contributed by atoms with Crippen molar-refractivity contribution < 1.29 is 9.53 Å². The third-order valence-corrected chi connectivity index (χ3v) is 3.28. The number of anilines is 1. The molecule has 0 atom stereocenters. The van der Waals surface area contributed by atoms with Gasteiger partial charge >= 0.3 is 6.09 Å². The monoisotopic (exact) mass is 299 g/mol. The minimum Gasteiger partial charge on any atom is -0.445 e. The third-order valence-electron chi connectivity index (χ3n) is 3.28. The number of aromatic nitrogens is 1. The molecule has 22 heavy (non-hydrogen) atoms. The molecular weight excluding hydrogens is 278 g/mol. The first kappa shape index (κ1) is 15.8. The Labute approximate surface area is 130 Å². The summed E-state index contributed by atoms with van der Waals surface area (Å²) in [5, 5.41) is 0. The molecule has 0 saturated heterocycles. The molecule has 0 unspecified atom stereocenters. The maximum absolute atomic E-state index is 11.9. The molecule has 0 aliphatic rings. The largest absolute Gasteiger partial charge is 0.445 e. The average Bonchev–Trinajstić information content (AvgIpc) is 2.53. The second-order valence-electron chi connectivity index (χ2n) is 5.15. The van der Waals surface area contributed by atoms with Crippen LogP contribution in [0.25, 0.3) is 0 Å². The number of carbonyl (C=O) groups is 1. The average molecular weight is 299 g/mol. The van der Waals surface area contributed by atoms with E-state index in [1.807, 2.05) is 36.4 Å². The third kappa shape index (κ3) is 5.09. The summed E-state index contributed by atoms with van der Waals surface area (Å²) < 4.78 is 5.26. The minimum absolute atomic E-state index is 0.292. The lowest BCUT2D eigenvalue weighted by atomic mass is 10.2. The molecule has 0 spiro atoms. The molecule has 0 aliphatic heterocycles. The Morgan fingerprint density at radius 3 is 2.77 bits per heavy atom. The first-order chi connectivity index (χ1) is 10.6. The molecule has 2 rings (SSSR count). The van der Waals surface area contributed by atoms with Crippen LogP contribution in [0.2, 0.25) is 0 Å². The van der Waals surface area contributed by atoms with E-state index in [0.29, 0.717) is 18.8 Å². The van der Waals surface area contributed by atoms with Crippen molar-refractivity contribution in [1.82, 2.24) is 9.88 Å². The number of hydrogen-bond acceptors (Lipinski definition) is 4. The summed E-state index contributed by atoms with van der Waals surface area (Å²) in [6.07, 6.45) is 2.97. The molecule has 0 bridgehead atoms. The van der Waals surface area contributed by atoms with Gasteiger partial charge in [-0.1, -0.05) is 30.3 Å². The predicted octanol–water partition coefficient (Wildman–Crippen LogP) is 2.87. The van der Waals surface area contributed by atoms with Crippen LogP contribution in [0, 0.1) is 0 Å². The van der Waals surface area contributed by atoms with Crippen LogP contribution < -0.4 is 5.73 Å². The first-order valence-electron chi connectivity index (χ1n) is 7.27. The standard InChI is InChI=1S/C17H21N3O2/c1-20(11-5-8-16-12-15(18)9-10-19-16)17(21)22-13-14-6-3-2-4-7-14/h2-4,6-7,9-10,12H,5,8,11,13H2,1H3,(H2,18,19). The maximum Gasteiger partial charge on any atom is 0.409 e. The number of hydrogen-bond donors (Lipinski definition) is 1. The fourth-order valence-corrected chi connectivity index (χ4v) is 2.05. The van der Waals surface area contributed by atoms with E-state index in [2.05, 4.69) is 4.98 Å². The highest BCUT2D eigenvalue weighted by molar-refractivity contribution is 5.67. The summed E-state index contributed by atoms with van der Waals surface area (Å²) in [5.74, 6) is 0. The number of nitrogen functional groups attached to an aromatic ring is 1. The fourth-order valence-electron chi connectivity index (χ4n) is 2.05. The van der Waals surface area contributed by atoms with Gasteiger partial charge in [-0.15, -0.1) is 0 Å². The zero-order valence-electron chi connectivity index (χ0n) is 12.7. The van der Waals surface area contributed by atoms with Gasteiger partial charge in [0.25, 0.3) is 0 Å². The van der Waals surface area contributed by atoms with Crippen molar-refractivity contribution in [3.05, 3.63) is 59.9 Å². The summed E-state index contributed by atoms with van der Waals surface area (Å²) in [5.41, 5.74) is 8.33. The summed E-state index contributed by atoms with van der Waals surface area (Å²) in [7, 11) is 1.74. The van der Waals surface area contributed by atoms with E-state index < -0.39 is 0 Å². The van der Waals surface area contributed by atoms with E-state index in [-0.39, 0.29) is 6.09 Å². The number of nitrogens with zero attached hydrogens (tertiary/aromatic N) is 2. The van der Waals surface area contributed by atoms with Crippen molar-refractivity contribution in [3.63, 3.8) is 0 Å². The number of nitrogens with two attached hydrogens (primary N) is 1. The Balaban J connectivity index is 1.70. The van der Waals surface area contributed by atoms with Gasteiger partial charge in [-0.3, -0.25) is 4.98 Å². The second-order valence-corrected chi connectivity index (χ2v) is 5.15. The molecule has 116 valence electrons. The number of amides is 1. The molecule has 1 heterocycles. The first-order valence-corrected chi connectivity index (χ1v) is 7.27. The zero-order valence-corrected chi connectivity index (χ0v) is 12.7. The normalized spacial score (nSPS) is 10.2. The molecule has 0 saturated carbocycles. The van der Waals surface area contributed by atoms with Crippen LogP contribution in [-0.4, -0.2) is 29.6 Å². The topological polar surface area (TPSA) is 68.5 Å². The maximum atomic E-state index is 11.9. The quantitative estimate of drug-likeness (QED) is 0.890. The number of carbonyl (C=O) groups excluding carboxylic acids is 1.